The molecule has 1 fully saturated rings. The summed E-state index contributed by atoms with van der Waals surface area (Å²) in [5, 5.41) is 15.0. The first-order valence-corrected chi connectivity index (χ1v) is 5.56. The molecule has 1 saturated heterocycles. The molecule has 0 aliphatic carbocycles. The zero-order chi connectivity index (χ0) is 13.3. The first kappa shape index (κ1) is 12.3. The zero-order valence-electron chi connectivity index (χ0n) is 9.84. The normalized spacial score (nSPS) is 23.1. The van der Waals surface area contributed by atoms with Gasteiger partial charge in [0.25, 0.3) is 11.5 Å². The van der Waals surface area contributed by atoms with Crippen LogP contribution in [0.1, 0.15) is 30.3 Å². The summed E-state index contributed by atoms with van der Waals surface area (Å²) in [6.07, 6.45) is 1.05. The SMILES string of the molecule is CC1(C(=O)O)CCCN1C(=O)c1ccc(=O)[nH]n1. The van der Waals surface area contributed by atoms with Crippen molar-refractivity contribution >= 4 is 11.9 Å². The van der Waals surface area contributed by atoms with Gasteiger partial charge in [0.2, 0.25) is 0 Å². The van der Waals surface area contributed by atoms with E-state index in [0.29, 0.717) is 19.4 Å². The third kappa shape index (κ3) is 1.87. The lowest BCUT2D eigenvalue weighted by atomic mass is 9.99. The number of carbonyl (C=O) groups excluding carboxylic acids is 1. The van der Waals surface area contributed by atoms with E-state index < -0.39 is 23.0 Å². The quantitative estimate of drug-likeness (QED) is 0.760. The number of nitrogens with zero attached hydrogens (tertiary/aromatic N) is 2. The second-order valence-corrected chi connectivity index (χ2v) is 4.45. The average molecular weight is 251 g/mol. The molecule has 1 aliphatic rings. The van der Waals surface area contributed by atoms with Gasteiger partial charge < -0.3 is 10.0 Å². The Hall–Kier alpha value is -2.18. The summed E-state index contributed by atoms with van der Waals surface area (Å²) >= 11 is 0. The molecule has 2 N–H and O–H groups in total. The fourth-order valence-corrected chi connectivity index (χ4v) is 2.11. The second-order valence-electron chi connectivity index (χ2n) is 4.45. The molecule has 1 amide bonds. The van der Waals surface area contributed by atoms with Gasteiger partial charge in [-0.25, -0.2) is 9.89 Å². The van der Waals surface area contributed by atoms with Crippen molar-refractivity contribution in [2.75, 3.05) is 6.54 Å². The van der Waals surface area contributed by atoms with Crippen molar-refractivity contribution in [3.8, 4) is 0 Å². The maximum Gasteiger partial charge on any atom is 0.329 e. The van der Waals surface area contributed by atoms with E-state index in [1.54, 1.807) is 0 Å². The van der Waals surface area contributed by atoms with Gasteiger partial charge in [-0.2, -0.15) is 5.10 Å². The van der Waals surface area contributed by atoms with Crippen LogP contribution < -0.4 is 5.56 Å². The minimum Gasteiger partial charge on any atom is -0.480 e. The molecule has 0 aromatic carbocycles. The third-order valence-corrected chi connectivity index (χ3v) is 3.25. The van der Waals surface area contributed by atoms with Gasteiger partial charge in [-0.1, -0.05) is 0 Å². The lowest BCUT2D eigenvalue weighted by molar-refractivity contribution is -0.147. The van der Waals surface area contributed by atoms with Crippen molar-refractivity contribution in [2.24, 2.45) is 0 Å². The summed E-state index contributed by atoms with van der Waals surface area (Å²) < 4.78 is 0. The minimum absolute atomic E-state index is 0.0453. The fourth-order valence-electron chi connectivity index (χ4n) is 2.11. The van der Waals surface area contributed by atoms with Crippen molar-refractivity contribution in [1.82, 2.24) is 15.1 Å². The molecule has 96 valence electrons. The van der Waals surface area contributed by atoms with E-state index in [1.165, 1.54) is 24.0 Å². The van der Waals surface area contributed by atoms with Gasteiger partial charge in [-0.15, -0.1) is 0 Å². The highest BCUT2D eigenvalue weighted by Gasteiger charge is 2.46. The predicted molar refractivity (Wildman–Crippen MR) is 61.2 cm³/mol. The van der Waals surface area contributed by atoms with E-state index in [1.807, 2.05) is 0 Å². The summed E-state index contributed by atoms with van der Waals surface area (Å²) in [6, 6.07) is 2.48. The highest BCUT2D eigenvalue weighted by atomic mass is 16.4. The van der Waals surface area contributed by atoms with Crippen molar-refractivity contribution in [2.45, 2.75) is 25.3 Å². The molecule has 2 heterocycles. The smallest absolute Gasteiger partial charge is 0.329 e. The molecule has 1 aliphatic heterocycles. The van der Waals surface area contributed by atoms with Gasteiger partial charge in [0.05, 0.1) is 0 Å². The van der Waals surface area contributed by atoms with E-state index in [0.717, 1.165) is 0 Å². The number of aromatic nitrogens is 2. The average Bonchev–Trinajstić information content (AvgIpc) is 2.73. The summed E-state index contributed by atoms with van der Waals surface area (Å²) in [7, 11) is 0. The molecular weight excluding hydrogens is 238 g/mol. The Morgan fingerprint density at radius 2 is 2.22 bits per heavy atom. The van der Waals surface area contributed by atoms with Gasteiger partial charge >= 0.3 is 5.97 Å². The van der Waals surface area contributed by atoms with Gasteiger partial charge in [0.15, 0.2) is 0 Å². The molecule has 1 aromatic heterocycles. The Balaban J connectivity index is 2.31. The van der Waals surface area contributed by atoms with Crippen LogP contribution in [0.5, 0.6) is 0 Å². The van der Waals surface area contributed by atoms with Gasteiger partial charge in [0, 0.05) is 12.6 Å². The van der Waals surface area contributed by atoms with E-state index in [-0.39, 0.29) is 5.69 Å². The molecule has 0 saturated carbocycles. The Morgan fingerprint density at radius 3 is 2.78 bits per heavy atom. The number of likely N-dealkylation sites (tertiary alicyclic amines) is 1. The molecule has 1 unspecified atom stereocenters. The summed E-state index contributed by atoms with van der Waals surface area (Å²) in [5.41, 5.74) is -1.56. The number of hydrogen-bond donors (Lipinski definition) is 2. The number of nitrogens with one attached hydrogen (secondary N) is 1. The van der Waals surface area contributed by atoms with E-state index in [2.05, 4.69) is 10.2 Å². The molecule has 1 atom stereocenters. The molecule has 18 heavy (non-hydrogen) atoms. The van der Waals surface area contributed by atoms with Crippen LogP contribution in [-0.2, 0) is 4.79 Å². The predicted octanol–water partition coefficient (Wildman–Crippen LogP) is -0.151. The van der Waals surface area contributed by atoms with Crippen LogP contribution in [0.25, 0.3) is 0 Å². The largest absolute Gasteiger partial charge is 0.480 e. The number of aromatic amines is 1. The maximum absolute atomic E-state index is 12.2. The first-order chi connectivity index (χ1) is 8.45. The van der Waals surface area contributed by atoms with Crippen molar-refractivity contribution in [3.63, 3.8) is 0 Å². The second kappa shape index (κ2) is 4.25. The summed E-state index contributed by atoms with van der Waals surface area (Å²) in [4.78, 5) is 35.6. The molecule has 2 rings (SSSR count). The number of carboxylic acids is 1. The topological polar surface area (TPSA) is 103 Å². The number of H-pyrrole nitrogens is 1. The summed E-state index contributed by atoms with van der Waals surface area (Å²) in [5.74, 6) is -1.51. The van der Waals surface area contributed by atoms with Gasteiger partial charge in [0.1, 0.15) is 11.2 Å². The van der Waals surface area contributed by atoms with E-state index in [4.69, 9.17) is 0 Å². The van der Waals surface area contributed by atoms with Gasteiger partial charge in [-0.05, 0) is 25.8 Å². The van der Waals surface area contributed by atoms with Crippen LogP contribution >= 0.6 is 0 Å². The lowest BCUT2D eigenvalue weighted by Gasteiger charge is -2.30. The fraction of sp³-hybridized carbons (Fsp3) is 0.455. The maximum atomic E-state index is 12.2. The minimum atomic E-state index is -1.20. The summed E-state index contributed by atoms with van der Waals surface area (Å²) in [6.45, 7) is 1.90. The Morgan fingerprint density at radius 1 is 1.50 bits per heavy atom. The number of rotatable bonds is 2. The molecule has 7 nitrogen and oxygen atoms in total. The number of hydrogen-bond acceptors (Lipinski definition) is 4. The van der Waals surface area contributed by atoms with Crippen LogP contribution in [0, 0.1) is 0 Å². The van der Waals surface area contributed by atoms with Crippen molar-refractivity contribution in [3.05, 3.63) is 28.2 Å². The van der Waals surface area contributed by atoms with E-state index >= 15 is 0 Å². The molecule has 0 radical (unpaired) electrons. The van der Waals surface area contributed by atoms with Crippen LogP contribution in [0.2, 0.25) is 0 Å². The number of amides is 1. The first-order valence-electron chi connectivity index (χ1n) is 5.56. The monoisotopic (exact) mass is 251 g/mol. The number of carboxylic acid groups (broad SMARTS) is 1. The van der Waals surface area contributed by atoms with Crippen LogP contribution in [-0.4, -0.2) is 44.2 Å². The van der Waals surface area contributed by atoms with Crippen LogP contribution in [0.3, 0.4) is 0 Å². The standard InChI is InChI=1S/C11H13N3O4/c1-11(10(17)18)5-2-6-14(11)9(16)7-3-4-8(15)13-12-7/h3-4H,2,5-6H2,1H3,(H,13,15)(H,17,18). The zero-order valence-corrected chi connectivity index (χ0v) is 9.84. The highest BCUT2D eigenvalue weighted by Crippen LogP contribution is 2.30. The molecular formula is C11H13N3O4. The Bertz CT molecular complexity index is 533. The Labute approximate surface area is 102 Å². The highest BCUT2D eigenvalue weighted by molar-refractivity contribution is 5.96. The van der Waals surface area contributed by atoms with E-state index in [9.17, 15) is 19.5 Å². The van der Waals surface area contributed by atoms with Crippen molar-refractivity contribution < 1.29 is 14.7 Å². The molecule has 0 bridgehead atoms. The number of carbonyl (C=O) groups is 2. The lowest BCUT2D eigenvalue weighted by Crippen LogP contribution is -2.51. The Kier molecular flexibility index (Phi) is 2.90. The van der Waals surface area contributed by atoms with Crippen LogP contribution in [0.15, 0.2) is 16.9 Å². The molecule has 1 aromatic rings. The molecule has 0 spiro atoms. The number of aliphatic carboxylic acids is 1. The van der Waals surface area contributed by atoms with Crippen LogP contribution in [0.4, 0.5) is 0 Å². The van der Waals surface area contributed by atoms with Gasteiger partial charge in [-0.3, -0.25) is 9.59 Å². The third-order valence-electron chi connectivity index (χ3n) is 3.25. The van der Waals surface area contributed by atoms with Crippen molar-refractivity contribution in [1.29, 1.82) is 0 Å². The molecule has 7 heteroatoms.